The first-order chi connectivity index (χ1) is 5.72. The molecule has 1 atom stereocenters. The number of hydrogen-bond donors (Lipinski definition) is 0. The van der Waals surface area contributed by atoms with Crippen LogP contribution in [0.15, 0.2) is 0 Å². The van der Waals surface area contributed by atoms with Crippen LogP contribution in [0.3, 0.4) is 0 Å². The molecule has 0 aliphatic heterocycles. The van der Waals surface area contributed by atoms with E-state index in [4.69, 9.17) is 0 Å². The van der Waals surface area contributed by atoms with Crippen molar-refractivity contribution >= 4 is 0 Å². The Morgan fingerprint density at radius 2 is 1.92 bits per heavy atom. The summed E-state index contributed by atoms with van der Waals surface area (Å²) in [6.45, 7) is 7.03. The smallest absolute Gasteiger partial charge is 0.0409 e. The molecule has 1 fully saturated rings. The Kier molecular flexibility index (Phi) is 4.11. The van der Waals surface area contributed by atoms with Crippen molar-refractivity contribution in [3.63, 3.8) is 0 Å². The lowest BCUT2D eigenvalue weighted by Gasteiger charge is -2.17. The summed E-state index contributed by atoms with van der Waals surface area (Å²) in [5.74, 6) is 3.07. The third-order valence-corrected chi connectivity index (χ3v) is 2.87. The van der Waals surface area contributed by atoms with Crippen LogP contribution in [0.4, 0.5) is 0 Å². The van der Waals surface area contributed by atoms with E-state index in [1.54, 1.807) is 0 Å². The average molecular weight is 168 g/mol. The molecule has 0 aromatic rings. The van der Waals surface area contributed by atoms with Crippen molar-refractivity contribution in [2.45, 2.75) is 59.3 Å². The minimum atomic E-state index is 0.903. The normalized spacial score (nSPS) is 20.0. The summed E-state index contributed by atoms with van der Waals surface area (Å²) in [4.78, 5) is 0. The molecule has 0 saturated heterocycles. The van der Waals surface area contributed by atoms with Crippen LogP contribution in [0.25, 0.3) is 0 Å². The van der Waals surface area contributed by atoms with Gasteiger partial charge in [0.1, 0.15) is 0 Å². The Balaban J connectivity index is 2.16. The monoisotopic (exact) mass is 168 g/mol. The van der Waals surface area contributed by atoms with E-state index in [0.717, 1.165) is 17.8 Å². The summed E-state index contributed by atoms with van der Waals surface area (Å²) >= 11 is 0. The van der Waals surface area contributed by atoms with Crippen LogP contribution < -0.4 is 0 Å². The standard InChI is InChI=1S/C12H24/c1-4-5-12(8-10(2)3)9-11-6-7-11/h10-12H,4-9H2,1-3H3. The minimum absolute atomic E-state index is 0.903. The van der Waals surface area contributed by atoms with Gasteiger partial charge < -0.3 is 0 Å². The van der Waals surface area contributed by atoms with Crippen LogP contribution in [-0.4, -0.2) is 0 Å². The molecule has 0 nitrogen and oxygen atoms in total. The van der Waals surface area contributed by atoms with Gasteiger partial charge >= 0.3 is 0 Å². The zero-order valence-corrected chi connectivity index (χ0v) is 8.97. The molecule has 1 aliphatic rings. The molecule has 72 valence electrons. The minimum Gasteiger partial charge on any atom is -0.0654 e. The first kappa shape index (κ1) is 10.1. The molecule has 0 bridgehead atoms. The Hall–Kier alpha value is 0. The van der Waals surface area contributed by atoms with Crippen molar-refractivity contribution in [2.75, 3.05) is 0 Å². The van der Waals surface area contributed by atoms with Gasteiger partial charge in [0.25, 0.3) is 0 Å². The van der Waals surface area contributed by atoms with Gasteiger partial charge in [-0.1, -0.05) is 46.5 Å². The lowest BCUT2D eigenvalue weighted by atomic mass is 9.89. The highest BCUT2D eigenvalue weighted by atomic mass is 14.3. The van der Waals surface area contributed by atoms with Gasteiger partial charge in [0.2, 0.25) is 0 Å². The summed E-state index contributed by atoms with van der Waals surface area (Å²) in [6, 6.07) is 0. The lowest BCUT2D eigenvalue weighted by molar-refractivity contribution is 0.346. The van der Waals surface area contributed by atoms with Crippen molar-refractivity contribution in [1.82, 2.24) is 0 Å². The third-order valence-electron chi connectivity index (χ3n) is 2.87. The fourth-order valence-corrected chi connectivity index (χ4v) is 2.23. The zero-order valence-electron chi connectivity index (χ0n) is 8.97. The van der Waals surface area contributed by atoms with E-state index in [1.807, 2.05) is 0 Å². The second-order valence-corrected chi connectivity index (χ2v) is 4.96. The van der Waals surface area contributed by atoms with E-state index in [0.29, 0.717) is 0 Å². The lowest BCUT2D eigenvalue weighted by Crippen LogP contribution is -2.05. The molecule has 0 heteroatoms. The van der Waals surface area contributed by atoms with Gasteiger partial charge in [0.05, 0.1) is 0 Å². The first-order valence-corrected chi connectivity index (χ1v) is 5.72. The SMILES string of the molecule is CCCC(CC(C)C)CC1CC1. The van der Waals surface area contributed by atoms with Crippen molar-refractivity contribution in [1.29, 1.82) is 0 Å². The molecular weight excluding hydrogens is 144 g/mol. The van der Waals surface area contributed by atoms with Gasteiger partial charge in [-0.15, -0.1) is 0 Å². The van der Waals surface area contributed by atoms with Gasteiger partial charge in [0.15, 0.2) is 0 Å². The molecule has 1 aliphatic carbocycles. The quantitative estimate of drug-likeness (QED) is 0.556. The largest absolute Gasteiger partial charge is 0.0654 e. The zero-order chi connectivity index (χ0) is 8.97. The van der Waals surface area contributed by atoms with E-state index in [-0.39, 0.29) is 0 Å². The highest BCUT2D eigenvalue weighted by Crippen LogP contribution is 2.38. The topological polar surface area (TPSA) is 0 Å². The molecule has 0 aromatic carbocycles. The van der Waals surface area contributed by atoms with Gasteiger partial charge in [-0.3, -0.25) is 0 Å². The molecule has 0 radical (unpaired) electrons. The molecule has 1 unspecified atom stereocenters. The van der Waals surface area contributed by atoms with Crippen LogP contribution in [0, 0.1) is 17.8 Å². The molecule has 0 heterocycles. The fraction of sp³-hybridized carbons (Fsp3) is 1.00. The summed E-state index contributed by atoms with van der Waals surface area (Å²) < 4.78 is 0. The predicted molar refractivity (Wildman–Crippen MR) is 55.2 cm³/mol. The van der Waals surface area contributed by atoms with Crippen molar-refractivity contribution in [3.8, 4) is 0 Å². The van der Waals surface area contributed by atoms with Crippen LogP contribution in [0.5, 0.6) is 0 Å². The number of hydrogen-bond acceptors (Lipinski definition) is 0. The second-order valence-electron chi connectivity index (χ2n) is 4.96. The van der Waals surface area contributed by atoms with Gasteiger partial charge in [-0.25, -0.2) is 0 Å². The molecular formula is C12H24. The first-order valence-electron chi connectivity index (χ1n) is 5.72. The third kappa shape index (κ3) is 4.13. The van der Waals surface area contributed by atoms with E-state index in [1.165, 1.54) is 38.5 Å². The van der Waals surface area contributed by atoms with Crippen LogP contribution in [0.1, 0.15) is 59.3 Å². The Bertz CT molecular complexity index is 107. The molecule has 0 aromatic heterocycles. The Morgan fingerprint density at radius 3 is 2.33 bits per heavy atom. The number of rotatable bonds is 6. The van der Waals surface area contributed by atoms with Crippen molar-refractivity contribution in [3.05, 3.63) is 0 Å². The summed E-state index contributed by atoms with van der Waals surface area (Å²) in [6.07, 6.45) is 8.89. The maximum absolute atomic E-state index is 2.36. The highest BCUT2D eigenvalue weighted by Gasteiger charge is 2.25. The highest BCUT2D eigenvalue weighted by molar-refractivity contribution is 4.77. The van der Waals surface area contributed by atoms with Crippen molar-refractivity contribution < 1.29 is 0 Å². The Morgan fingerprint density at radius 1 is 1.25 bits per heavy atom. The summed E-state index contributed by atoms with van der Waals surface area (Å²) in [5.41, 5.74) is 0. The van der Waals surface area contributed by atoms with E-state index in [9.17, 15) is 0 Å². The van der Waals surface area contributed by atoms with Gasteiger partial charge in [0, 0.05) is 0 Å². The van der Waals surface area contributed by atoms with Crippen LogP contribution >= 0.6 is 0 Å². The molecule has 0 N–H and O–H groups in total. The van der Waals surface area contributed by atoms with E-state index in [2.05, 4.69) is 20.8 Å². The van der Waals surface area contributed by atoms with E-state index < -0.39 is 0 Å². The van der Waals surface area contributed by atoms with Gasteiger partial charge in [-0.2, -0.15) is 0 Å². The van der Waals surface area contributed by atoms with E-state index >= 15 is 0 Å². The fourth-order valence-electron chi connectivity index (χ4n) is 2.23. The molecule has 1 saturated carbocycles. The molecule has 0 amide bonds. The average Bonchev–Trinajstić information content (AvgIpc) is 2.70. The molecule has 1 rings (SSSR count). The molecule has 0 spiro atoms. The van der Waals surface area contributed by atoms with Crippen LogP contribution in [0.2, 0.25) is 0 Å². The van der Waals surface area contributed by atoms with Crippen molar-refractivity contribution in [2.24, 2.45) is 17.8 Å². The van der Waals surface area contributed by atoms with Crippen LogP contribution in [-0.2, 0) is 0 Å². The second kappa shape index (κ2) is 4.89. The maximum Gasteiger partial charge on any atom is -0.0409 e. The predicted octanol–water partition coefficient (Wildman–Crippen LogP) is 4.25. The maximum atomic E-state index is 2.36. The van der Waals surface area contributed by atoms with Gasteiger partial charge in [-0.05, 0) is 30.6 Å². The molecule has 12 heavy (non-hydrogen) atoms. The summed E-state index contributed by atoms with van der Waals surface area (Å²) in [5, 5.41) is 0. The Labute approximate surface area is 77.7 Å². The summed E-state index contributed by atoms with van der Waals surface area (Å²) in [7, 11) is 0.